The molecule has 0 aliphatic carbocycles. The number of anilines is 1. The Balaban J connectivity index is 1.86. The molecule has 2 aliphatic heterocycles. The molecule has 2 aromatic carbocycles. The number of carbonyl (C=O) groups is 1. The first-order valence-corrected chi connectivity index (χ1v) is 10.7. The van der Waals surface area contributed by atoms with Crippen LogP contribution in [0.3, 0.4) is 0 Å². The molecule has 0 radical (unpaired) electrons. The highest BCUT2D eigenvalue weighted by Gasteiger charge is 2.60. The van der Waals surface area contributed by atoms with Crippen molar-refractivity contribution in [2.75, 3.05) is 4.90 Å². The number of aromatic nitrogens is 1. The van der Waals surface area contributed by atoms with Crippen LogP contribution in [0.25, 0.3) is 0 Å². The van der Waals surface area contributed by atoms with Crippen LogP contribution in [0.15, 0.2) is 76.9 Å². The normalized spacial score (nSPS) is 18.7. The van der Waals surface area contributed by atoms with Crippen molar-refractivity contribution in [1.29, 1.82) is 5.26 Å². The number of hydrogen-bond acceptors (Lipinski definition) is 5. The van der Waals surface area contributed by atoms with E-state index in [2.05, 4.69) is 6.07 Å². The number of pyridine rings is 1. The summed E-state index contributed by atoms with van der Waals surface area (Å²) >= 11 is 0. The largest absolute Gasteiger partial charge is 0.440 e. The lowest BCUT2D eigenvalue weighted by Gasteiger charge is -2.34. The van der Waals surface area contributed by atoms with Crippen molar-refractivity contribution in [3.63, 3.8) is 0 Å². The number of nitriles is 1. The number of nitrogens with zero attached hydrogens (tertiary/aromatic N) is 3. The molecule has 1 aromatic heterocycles. The van der Waals surface area contributed by atoms with Gasteiger partial charge in [0.2, 0.25) is 11.8 Å². The van der Waals surface area contributed by atoms with Crippen molar-refractivity contribution in [3.8, 4) is 11.8 Å². The van der Waals surface area contributed by atoms with Gasteiger partial charge >= 0.3 is 0 Å². The van der Waals surface area contributed by atoms with Crippen LogP contribution < -0.4 is 20.9 Å². The standard InChI is InChI=1S/C26H22N4O3/c1-3-29-16(2)13-21-22(24(29)31)26(19(14-27)23(28)33-21)18-11-7-8-12-20(18)30(25(26)32)15-17-9-5-4-6-10-17/h4-13H,3,15,28H2,1-2H3. The minimum Gasteiger partial charge on any atom is -0.440 e. The van der Waals surface area contributed by atoms with Gasteiger partial charge in [-0.2, -0.15) is 5.26 Å². The molecule has 0 saturated heterocycles. The third kappa shape index (κ3) is 2.67. The molecule has 33 heavy (non-hydrogen) atoms. The summed E-state index contributed by atoms with van der Waals surface area (Å²) in [6.45, 7) is 4.37. The maximum absolute atomic E-state index is 14.3. The van der Waals surface area contributed by atoms with Crippen LogP contribution >= 0.6 is 0 Å². The van der Waals surface area contributed by atoms with Gasteiger partial charge in [0.1, 0.15) is 17.4 Å². The molecule has 0 bridgehead atoms. The Labute approximate surface area is 190 Å². The van der Waals surface area contributed by atoms with E-state index < -0.39 is 5.41 Å². The number of carbonyl (C=O) groups excluding carboxylic acids is 1. The van der Waals surface area contributed by atoms with Crippen molar-refractivity contribution < 1.29 is 9.53 Å². The summed E-state index contributed by atoms with van der Waals surface area (Å²) in [7, 11) is 0. The summed E-state index contributed by atoms with van der Waals surface area (Å²) in [6.07, 6.45) is 0. The van der Waals surface area contributed by atoms with Crippen molar-refractivity contribution >= 4 is 11.6 Å². The molecule has 0 saturated carbocycles. The Morgan fingerprint density at radius 1 is 1.09 bits per heavy atom. The minimum atomic E-state index is -1.67. The lowest BCUT2D eigenvalue weighted by atomic mass is 9.69. The molecule has 2 N–H and O–H groups in total. The Hall–Kier alpha value is -4.31. The van der Waals surface area contributed by atoms with E-state index in [1.165, 1.54) is 0 Å². The monoisotopic (exact) mass is 438 g/mol. The van der Waals surface area contributed by atoms with Gasteiger partial charge in [0.15, 0.2) is 5.41 Å². The van der Waals surface area contributed by atoms with E-state index in [1.54, 1.807) is 34.6 Å². The van der Waals surface area contributed by atoms with Crippen molar-refractivity contribution in [2.45, 2.75) is 32.4 Å². The molecule has 3 heterocycles. The first kappa shape index (κ1) is 20.6. The molecule has 1 unspecified atom stereocenters. The first-order chi connectivity index (χ1) is 15.9. The van der Waals surface area contributed by atoms with E-state index >= 15 is 0 Å². The molecule has 1 atom stereocenters. The summed E-state index contributed by atoms with van der Waals surface area (Å²) in [4.78, 5) is 29.7. The molecule has 2 aliphatic rings. The molecular formula is C26H22N4O3. The topological polar surface area (TPSA) is 101 Å². The lowest BCUT2D eigenvalue weighted by molar-refractivity contribution is -0.121. The van der Waals surface area contributed by atoms with Gasteiger partial charge in [-0.25, -0.2) is 0 Å². The van der Waals surface area contributed by atoms with E-state index in [4.69, 9.17) is 10.5 Å². The Morgan fingerprint density at radius 2 is 1.79 bits per heavy atom. The fourth-order valence-corrected chi connectivity index (χ4v) is 5.04. The number of para-hydroxylation sites is 1. The zero-order chi connectivity index (χ0) is 23.3. The van der Waals surface area contributed by atoms with E-state index in [9.17, 15) is 14.9 Å². The summed E-state index contributed by atoms with van der Waals surface area (Å²) in [5.41, 5.74) is 7.05. The molecule has 164 valence electrons. The van der Waals surface area contributed by atoms with Gasteiger partial charge in [0, 0.05) is 29.6 Å². The summed E-state index contributed by atoms with van der Waals surface area (Å²) in [5, 5.41) is 10.2. The number of nitrogens with two attached hydrogens (primary N) is 1. The molecular weight excluding hydrogens is 416 g/mol. The molecule has 1 spiro atoms. The summed E-state index contributed by atoms with van der Waals surface area (Å²) < 4.78 is 7.33. The van der Waals surface area contributed by atoms with E-state index in [0.29, 0.717) is 30.0 Å². The van der Waals surface area contributed by atoms with Gasteiger partial charge in [0.05, 0.1) is 12.1 Å². The predicted octanol–water partition coefficient (Wildman–Crippen LogP) is 3.10. The van der Waals surface area contributed by atoms with Crippen molar-refractivity contribution in [1.82, 2.24) is 4.57 Å². The number of hydrogen-bond donors (Lipinski definition) is 1. The SMILES string of the molecule is CCn1c(C)cc2c(c1=O)C1(C(=O)N(Cc3ccccc3)c3ccccc31)C(C#N)=C(N)O2. The third-order valence-electron chi connectivity index (χ3n) is 6.46. The van der Waals surface area contributed by atoms with Crippen molar-refractivity contribution in [2.24, 2.45) is 5.73 Å². The molecule has 7 nitrogen and oxygen atoms in total. The summed E-state index contributed by atoms with van der Waals surface area (Å²) in [6, 6.07) is 20.6. The third-order valence-corrected chi connectivity index (χ3v) is 6.46. The average molecular weight is 438 g/mol. The zero-order valence-electron chi connectivity index (χ0n) is 18.3. The highest BCUT2D eigenvalue weighted by molar-refractivity contribution is 6.14. The molecule has 3 aromatic rings. The second-order valence-electron chi connectivity index (χ2n) is 8.17. The Kier molecular flexibility index (Phi) is 4.61. The minimum absolute atomic E-state index is 0.0633. The van der Waals surface area contributed by atoms with Crippen LogP contribution in [-0.4, -0.2) is 10.5 Å². The number of amides is 1. The highest BCUT2D eigenvalue weighted by atomic mass is 16.5. The number of aryl methyl sites for hydroxylation is 1. The van der Waals surface area contributed by atoms with E-state index in [0.717, 1.165) is 5.56 Å². The number of fused-ring (bicyclic) bond motifs is 4. The molecule has 0 fully saturated rings. The second kappa shape index (κ2) is 7.38. The van der Waals surface area contributed by atoms with Gasteiger partial charge in [-0.1, -0.05) is 48.5 Å². The van der Waals surface area contributed by atoms with Crippen LogP contribution in [0.5, 0.6) is 5.75 Å². The van der Waals surface area contributed by atoms with Crippen LogP contribution in [0.2, 0.25) is 0 Å². The van der Waals surface area contributed by atoms with Gasteiger partial charge in [0.25, 0.3) is 5.56 Å². The van der Waals surface area contributed by atoms with Crippen LogP contribution in [0.4, 0.5) is 5.69 Å². The Morgan fingerprint density at radius 3 is 2.48 bits per heavy atom. The first-order valence-electron chi connectivity index (χ1n) is 10.7. The van der Waals surface area contributed by atoms with E-state index in [-0.39, 0.29) is 34.2 Å². The quantitative estimate of drug-likeness (QED) is 0.677. The number of benzene rings is 2. The summed E-state index contributed by atoms with van der Waals surface area (Å²) in [5.74, 6) is -0.341. The lowest BCUT2D eigenvalue weighted by Crippen LogP contribution is -2.49. The van der Waals surface area contributed by atoms with Crippen molar-refractivity contribution in [3.05, 3.63) is 105 Å². The smallest absolute Gasteiger partial charge is 0.259 e. The maximum atomic E-state index is 14.3. The van der Waals surface area contributed by atoms with Gasteiger partial charge < -0.3 is 19.9 Å². The highest BCUT2D eigenvalue weighted by Crippen LogP contribution is 2.54. The fraction of sp³-hybridized carbons (Fsp3) is 0.192. The maximum Gasteiger partial charge on any atom is 0.259 e. The van der Waals surface area contributed by atoms with Crippen LogP contribution in [0, 0.1) is 18.3 Å². The van der Waals surface area contributed by atoms with Gasteiger partial charge in [-0.15, -0.1) is 0 Å². The van der Waals surface area contributed by atoms with E-state index in [1.807, 2.05) is 49.4 Å². The van der Waals surface area contributed by atoms with Gasteiger partial charge in [-0.05, 0) is 25.5 Å². The number of rotatable bonds is 3. The van der Waals surface area contributed by atoms with Crippen LogP contribution in [0.1, 0.15) is 29.3 Å². The fourth-order valence-electron chi connectivity index (χ4n) is 5.04. The van der Waals surface area contributed by atoms with Gasteiger partial charge in [-0.3, -0.25) is 9.59 Å². The predicted molar refractivity (Wildman–Crippen MR) is 123 cm³/mol. The molecule has 1 amide bonds. The molecule has 5 rings (SSSR count). The van der Waals surface area contributed by atoms with Crippen LogP contribution in [-0.2, 0) is 23.3 Å². The molecule has 7 heteroatoms. The average Bonchev–Trinajstić information content (AvgIpc) is 3.04. The Bertz CT molecular complexity index is 1430. The number of ether oxygens (including phenoxy) is 1. The zero-order valence-corrected chi connectivity index (χ0v) is 18.3. The second-order valence-corrected chi connectivity index (χ2v) is 8.17.